The summed E-state index contributed by atoms with van der Waals surface area (Å²) in [5, 5.41) is 14.6. The summed E-state index contributed by atoms with van der Waals surface area (Å²) in [6, 6.07) is 13.3. The lowest BCUT2D eigenvalue weighted by molar-refractivity contribution is -0.113. The number of hydrogen-bond acceptors (Lipinski definition) is 8. The second-order valence-corrected chi connectivity index (χ2v) is 8.38. The molecule has 0 saturated heterocycles. The van der Waals surface area contributed by atoms with Gasteiger partial charge in [0.1, 0.15) is 11.6 Å². The lowest BCUT2D eigenvalue weighted by Crippen LogP contribution is -2.26. The van der Waals surface area contributed by atoms with Gasteiger partial charge in [-0.05, 0) is 42.5 Å². The van der Waals surface area contributed by atoms with Crippen molar-refractivity contribution in [1.29, 1.82) is 0 Å². The zero-order chi connectivity index (χ0) is 25.9. The van der Waals surface area contributed by atoms with Crippen LogP contribution < -0.4 is 15.4 Å². The molecule has 11 heteroatoms. The molecule has 3 rings (SSSR count). The number of ether oxygens (including phenoxy) is 2. The Morgan fingerprint density at radius 1 is 1.08 bits per heavy atom. The highest BCUT2D eigenvalue weighted by Gasteiger charge is 2.15. The molecule has 2 aromatic carbocycles. The Morgan fingerprint density at radius 3 is 2.56 bits per heavy atom. The van der Waals surface area contributed by atoms with Crippen LogP contribution in [-0.2, 0) is 22.5 Å². The number of thioether (sulfide) groups is 1. The molecule has 0 bridgehead atoms. The molecule has 1 aromatic heterocycles. The number of nitrogens with zero attached hydrogens (tertiary/aromatic N) is 3. The van der Waals surface area contributed by atoms with Crippen LogP contribution >= 0.6 is 11.8 Å². The third-order valence-corrected chi connectivity index (χ3v) is 5.96. The average Bonchev–Trinajstić information content (AvgIpc) is 3.28. The van der Waals surface area contributed by atoms with Crippen LogP contribution in [-0.4, -0.2) is 59.1 Å². The summed E-state index contributed by atoms with van der Waals surface area (Å²) < 4.78 is 11.7. The lowest BCUT2D eigenvalue weighted by Gasteiger charge is -2.09. The van der Waals surface area contributed by atoms with Gasteiger partial charge in [-0.2, -0.15) is 0 Å². The number of esters is 1. The Kier molecular flexibility index (Phi) is 9.64. The van der Waals surface area contributed by atoms with Crippen molar-refractivity contribution in [2.24, 2.45) is 0 Å². The fourth-order valence-electron chi connectivity index (χ4n) is 3.22. The van der Waals surface area contributed by atoms with Gasteiger partial charge in [0, 0.05) is 30.8 Å². The minimum Gasteiger partial charge on any atom is -0.497 e. The van der Waals surface area contributed by atoms with Crippen LogP contribution in [0.4, 0.5) is 5.69 Å². The molecule has 0 aliphatic rings. The van der Waals surface area contributed by atoms with Crippen molar-refractivity contribution in [3.8, 4) is 5.75 Å². The van der Waals surface area contributed by atoms with Gasteiger partial charge < -0.3 is 24.7 Å². The first-order valence-electron chi connectivity index (χ1n) is 11.0. The molecule has 188 valence electrons. The molecule has 0 spiro atoms. The van der Waals surface area contributed by atoms with E-state index in [4.69, 9.17) is 9.47 Å². The minimum absolute atomic E-state index is 0.0892. The van der Waals surface area contributed by atoms with Crippen LogP contribution in [0.5, 0.6) is 5.75 Å². The highest BCUT2D eigenvalue weighted by atomic mass is 32.2. The number of methoxy groups -OCH3 is 2. The van der Waals surface area contributed by atoms with Crippen molar-refractivity contribution in [2.75, 3.05) is 31.8 Å². The minimum atomic E-state index is -0.481. The fourth-order valence-corrected chi connectivity index (χ4v) is 3.99. The van der Waals surface area contributed by atoms with Gasteiger partial charge in [0.25, 0.3) is 5.91 Å². The number of rotatable bonds is 12. The summed E-state index contributed by atoms with van der Waals surface area (Å²) in [5.74, 6) is 0.492. The normalized spacial score (nSPS) is 10.4. The monoisotopic (exact) mass is 509 g/mol. The number of amides is 2. The van der Waals surface area contributed by atoms with E-state index in [1.165, 1.54) is 18.9 Å². The molecule has 1 heterocycles. The Hall–Kier alpha value is -4.12. The molecule has 0 fully saturated rings. The van der Waals surface area contributed by atoms with Crippen molar-refractivity contribution >= 4 is 35.2 Å². The number of aromatic nitrogens is 3. The number of hydrogen-bond donors (Lipinski definition) is 2. The van der Waals surface area contributed by atoms with E-state index in [0.717, 1.165) is 0 Å². The number of carbonyl (C=O) groups excluding carboxylic acids is 3. The van der Waals surface area contributed by atoms with Crippen molar-refractivity contribution in [1.82, 2.24) is 20.1 Å². The highest BCUT2D eigenvalue weighted by molar-refractivity contribution is 7.99. The summed E-state index contributed by atoms with van der Waals surface area (Å²) in [6.07, 6.45) is 2.17. The number of anilines is 1. The maximum atomic E-state index is 12.5. The summed E-state index contributed by atoms with van der Waals surface area (Å²) >= 11 is 1.23. The van der Waals surface area contributed by atoms with Gasteiger partial charge in [-0.1, -0.05) is 23.9 Å². The van der Waals surface area contributed by atoms with Crippen LogP contribution in [0.15, 0.2) is 66.3 Å². The maximum absolute atomic E-state index is 12.5. The number of allylic oxidation sites excluding steroid dienone is 1. The Labute approximate surface area is 213 Å². The average molecular weight is 510 g/mol. The summed E-state index contributed by atoms with van der Waals surface area (Å²) in [4.78, 5) is 36.5. The first-order valence-corrected chi connectivity index (χ1v) is 12.0. The summed E-state index contributed by atoms with van der Waals surface area (Å²) in [7, 11) is 2.87. The van der Waals surface area contributed by atoms with E-state index >= 15 is 0 Å². The Bertz CT molecular complexity index is 1230. The Balaban J connectivity index is 1.55. The van der Waals surface area contributed by atoms with Crippen molar-refractivity contribution < 1.29 is 23.9 Å². The predicted octanol–water partition coefficient (Wildman–Crippen LogP) is 2.96. The lowest BCUT2D eigenvalue weighted by atomic mass is 10.2. The van der Waals surface area contributed by atoms with Gasteiger partial charge in [0.2, 0.25) is 5.91 Å². The first kappa shape index (κ1) is 26.5. The predicted molar refractivity (Wildman–Crippen MR) is 136 cm³/mol. The van der Waals surface area contributed by atoms with Crippen LogP contribution in [0.25, 0.3) is 0 Å². The van der Waals surface area contributed by atoms with E-state index in [9.17, 15) is 14.4 Å². The van der Waals surface area contributed by atoms with Crippen molar-refractivity contribution in [3.05, 3.63) is 78.1 Å². The van der Waals surface area contributed by atoms with E-state index in [1.54, 1.807) is 61.7 Å². The third kappa shape index (κ3) is 7.19. The second-order valence-electron chi connectivity index (χ2n) is 7.44. The standard InChI is InChI=1S/C25H27N5O5S/c1-4-14-30-21(12-13-26-23(32)17-8-10-20(34-2)11-9-17)28-29-25(30)36-16-22(31)27-19-7-5-6-18(15-19)24(33)35-3/h4-11,15H,1,12-14,16H2,2-3H3,(H,26,32)(H,27,31). The number of benzene rings is 2. The molecule has 2 amide bonds. The van der Waals surface area contributed by atoms with Crippen molar-refractivity contribution in [2.45, 2.75) is 18.1 Å². The van der Waals surface area contributed by atoms with Gasteiger partial charge in [-0.15, -0.1) is 16.8 Å². The van der Waals surface area contributed by atoms with E-state index in [-0.39, 0.29) is 17.6 Å². The molecular weight excluding hydrogens is 482 g/mol. The maximum Gasteiger partial charge on any atom is 0.337 e. The molecule has 36 heavy (non-hydrogen) atoms. The molecule has 0 atom stereocenters. The van der Waals surface area contributed by atoms with Gasteiger partial charge in [0.15, 0.2) is 5.16 Å². The van der Waals surface area contributed by atoms with Crippen LogP contribution in [0, 0.1) is 0 Å². The largest absolute Gasteiger partial charge is 0.497 e. The number of nitrogens with one attached hydrogen (secondary N) is 2. The Morgan fingerprint density at radius 2 is 1.86 bits per heavy atom. The molecule has 0 unspecified atom stereocenters. The fraction of sp³-hybridized carbons (Fsp3) is 0.240. The van der Waals surface area contributed by atoms with Crippen molar-refractivity contribution in [3.63, 3.8) is 0 Å². The molecule has 0 saturated carbocycles. The van der Waals surface area contributed by atoms with E-state index in [2.05, 4.69) is 27.4 Å². The topological polar surface area (TPSA) is 124 Å². The van der Waals surface area contributed by atoms with Crippen LogP contribution in [0.3, 0.4) is 0 Å². The highest BCUT2D eigenvalue weighted by Crippen LogP contribution is 2.19. The van der Waals surface area contributed by atoms with E-state index < -0.39 is 5.97 Å². The van der Waals surface area contributed by atoms with Crippen LogP contribution in [0.2, 0.25) is 0 Å². The molecule has 0 aliphatic heterocycles. The van der Waals surface area contributed by atoms with Gasteiger partial charge >= 0.3 is 5.97 Å². The zero-order valence-electron chi connectivity index (χ0n) is 20.0. The molecule has 10 nitrogen and oxygen atoms in total. The quantitative estimate of drug-likeness (QED) is 0.217. The summed E-state index contributed by atoms with van der Waals surface area (Å²) in [6.45, 7) is 4.60. The number of carbonyl (C=O) groups is 3. The van der Waals surface area contributed by atoms with E-state index in [0.29, 0.717) is 53.1 Å². The molecule has 0 aliphatic carbocycles. The zero-order valence-corrected chi connectivity index (χ0v) is 20.8. The molecule has 0 radical (unpaired) electrons. The molecular formula is C25H27N5O5S. The van der Waals surface area contributed by atoms with Gasteiger partial charge in [0.05, 0.1) is 25.5 Å². The third-order valence-electron chi connectivity index (χ3n) is 4.99. The van der Waals surface area contributed by atoms with Gasteiger partial charge in [-0.25, -0.2) is 4.79 Å². The van der Waals surface area contributed by atoms with Gasteiger partial charge in [-0.3, -0.25) is 9.59 Å². The first-order chi connectivity index (χ1) is 17.4. The van der Waals surface area contributed by atoms with E-state index in [1.807, 2.05) is 4.57 Å². The smallest absolute Gasteiger partial charge is 0.337 e. The SMILES string of the molecule is C=CCn1c(CCNC(=O)c2ccc(OC)cc2)nnc1SCC(=O)Nc1cccc(C(=O)OC)c1. The molecule has 2 N–H and O–H groups in total. The summed E-state index contributed by atoms with van der Waals surface area (Å²) in [5.41, 5.74) is 1.37. The second kappa shape index (κ2) is 13.1. The van der Waals surface area contributed by atoms with Crippen LogP contribution in [0.1, 0.15) is 26.5 Å². The molecule has 3 aromatic rings.